The lowest BCUT2D eigenvalue weighted by molar-refractivity contribution is -0.244. The average Bonchev–Trinajstić information content (AvgIpc) is 2.03. The van der Waals surface area contributed by atoms with Gasteiger partial charge in [0.1, 0.15) is 0 Å². The molecule has 0 radical (unpaired) electrons. The van der Waals surface area contributed by atoms with Crippen LogP contribution in [0.25, 0.3) is 0 Å². The van der Waals surface area contributed by atoms with Crippen molar-refractivity contribution in [3.05, 3.63) is 0 Å². The largest absolute Gasteiger partial charge is 0.395 e. The van der Waals surface area contributed by atoms with Gasteiger partial charge in [0, 0.05) is 19.4 Å². The van der Waals surface area contributed by atoms with E-state index < -0.39 is 49.7 Å². The van der Waals surface area contributed by atoms with E-state index in [2.05, 4.69) is 0 Å². The first-order valence-electron chi connectivity index (χ1n) is 4.37. The van der Waals surface area contributed by atoms with Crippen LogP contribution >= 0.6 is 0 Å². The Morgan fingerprint density at radius 2 is 1.43 bits per heavy atom. The molecule has 0 saturated heterocycles. The van der Waals surface area contributed by atoms with Crippen LogP contribution in [0.1, 0.15) is 25.7 Å². The molecule has 84 valence electrons. The molecule has 0 spiro atoms. The molecule has 14 heavy (non-hydrogen) atoms. The van der Waals surface area contributed by atoms with Gasteiger partial charge in [0.25, 0.3) is 0 Å². The van der Waals surface area contributed by atoms with Gasteiger partial charge in [-0.2, -0.15) is 13.2 Å². The minimum absolute atomic E-state index is 0.569. The zero-order chi connectivity index (χ0) is 11.0. The highest BCUT2D eigenvalue weighted by molar-refractivity contribution is 4.94. The fraction of sp³-hybridized carbons (Fsp3) is 1.00. The molecule has 0 amide bonds. The molecule has 6 heteroatoms. The van der Waals surface area contributed by atoms with Crippen molar-refractivity contribution in [3.63, 3.8) is 0 Å². The summed E-state index contributed by atoms with van der Waals surface area (Å²) in [5.41, 5.74) is 2.96. The van der Waals surface area contributed by atoms with Crippen molar-refractivity contribution in [1.29, 1.82) is 0 Å². The first kappa shape index (κ1) is 11.7. The van der Waals surface area contributed by atoms with E-state index in [0.717, 1.165) is 0 Å². The summed E-state index contributed by atoms with van der Waals surface area (Å²) in [6.07, 6.45) is -7.05. The SMILES string of the molecule is NCC1(C(F)(F)F)CCC(F)(F)CC1. The quantitative estimate of drug-likeness (QED) is 0.671. The lowest BCUT2D eigenvalue weighted by atomic mass is 9.72. The highest BCUT2D eigenvalue weighted by Gasteiger charge is 2.57. The van der Waals surface area contributed by atoms with E-state index >= 15 is 0 Å². The van der Waals surface area contributed by atoms with E-state index in [1.54, 1.807) is 0 Å². The Balaban J connectivity index is 2.77. The lowest BCUT2D eigenvalue weighted by Gasteiger charge is -2.40. The summed E-state index contributed by atoms with van der Waals surface area (Å²) in [6, 6.07) is 0. The minimum atomic E-state index is -4.47. The summed E-state index contributed by atoms with van der Waals surface area (Å²) >= 11 is 0. The predicted molar refractivity (Wildman–Crippen MR) is 41.0 cm³/mol. The molecule has 0 aromatic rings. The second-order valence-electron chi connectivity index (χ2n) is 3.84. The minimum Gasteiger partial charge on any atom is -0.330 e. The second kappa shape index (κ2) is 3.32. The summed E-state index contributed by atoms with van der Waals surface area (Å²) in [5.74, 6) is -2.95. The molecule has 0 unspecified atom stereocenters. The number of hydrogen-bond acceptors (Lipinski definition) is 1. The third kappa shape index (κ3) is 1.99. The molecule has 0 aromatic heterocycles. The molecule has 1 aliphatic carbocycles. The van der Waals surface area contributed by atoms with E-state index in [4.69, 9.17) is 5.73 Å². The zero-order valence-corrected chi connectivity index (χ0v) is 7.50. The lowest BCUT2D eigenvalue weighted by Crippen LogP contribution is -2.48. The molecule has 0 heterocycles. The highest BCUT2D eigenvalue weighted by atomic mass is 19.4. The van der Waals surface area contributed by atoms with Gasteiger partial charge < -0.3 is 5.73 Å². The third-order valence-corrected chi connectivity index (χ3v) is 2.93. The van der Waals surface area contributed by atoms with Gasteiger partial charge >= 0.3 is 6.18 Å². The Labute approximate surface area is 78.5 Å². The number of hydrogen-bond donors (Lipinski definition) is 1. The average molecular weight is 217 g/mol. The van der Waals surface area contributed by atoms with Crippen molar-refractivity contribution in [3.8, 4) is 0 Å². The van der Waals surface area contributed by atoms with Crippen molar-refractivity contribution >= 4 is 0 Å². The number of nitrogens with two attached hydrogens (primary N) is 1. The summed E-state index contributed by atoms with van der Waals surface area (Å²) in [5, 5.41) is 0. The standard InChI is InChI=1S/C8H12F5N/c9-7(10)3-1-6(5-14,2-4-7)8(11,12)13/h1-5,14H2. The molecule has 0 bridgehead atoms. The maximum Gasteiger partial charge on any atom is 0.395 e. The van der Waals surface area contributed by atoms with Crippen molar-refractivity contribution in [2.45, 2.75) is 37.8 Å². The van der Waals surface area contributed by atoms with Crippen LogP contribution in [0.15, 0.2) is 0 Å². The third-order valence-electron chi connectivity index (χ3n) is 2.93. The number of alkyl halides is 5. The topological polar surface area (TPSA) is 26.0 Å². The normalized spacial score (nSPS) is 26.1. The Hall–Kier alpha value is -0.390. The zero-order valence-electron chi connectivity index (χ0n) is 7.50. The van der Waals surface area contributed by atoms with E-state index in [1.165, 1.54) is 0 Å². The molecule has 1 saturated carbocycles. The van der Waals surface area contributed by atoms with Crippen LogP contribution in [-0.4, -0.2) is 18.6 Å². The summed E-state index contributed by atoms with van der Waals surface area (Å²) in [7, 11) is 0. The van der Waals surface area contributed by atoms with Crippen LogP contribution in [0, 0.1) is 5.41 Å². The molecule has 1 fully saturated rings. The van der Waals surface area contributed by atoms with Gasteiger partial charge in [-0.1, -0.05) is 0 Å². The van der Waals surface area contributed by atoms with E-state index in [0.29, 0.717) is 0 Å². The summed E-state index contributed by atoms with van der Waals surface area (Å²) in [4.78, 5) is 0. The van der Waals surface area contributed by atoms with Gasteiger partial charge in [-0.25, -0.2) is 8.78 Å². The van der Waals surface area contributed by atoms with Crippen molar-refractivity contribution in [2.24, 2.45) is 11.1 Å². The molecule has 0 aromatic carbocycles. The second-order valence-corrected chi connectivity index (χ2v) is 3.84. The molecular weight excluding hydrogens is 205 g/mol. The van der Waals surface area contributed by atoms with Crippen LogP contribution in [0.5, 0.6) is 0 Å². The van der Waals surface area contributed by atoms with Crippen LogP contribution in [-0.2, 0) is 0 Å². The molecule has 0 atom stereocenters. The predicted octanol–water partition coefficient (Wildman–Crippen LogP) is 2.70. The van der Waals surface area contributed by atoms with Crippen LogP contribution in [0.2, 0.25) is 0 Å². The fourth-order valence-corrected chi connectivity index (χ4v) is 1.70. The molecule has 1 rings (SSSR count). The number of rotatable bonds is 1. The highest BCUT2D eigenvalue weighted by Crippen LogP contribution is 2.51. The smallest absolute Gasteiger partial charge is 0.330 e. The molecular formula is C8H12F5N. The summed E-state index contributed by atoms with van der Waals surface area (Å²) < 4.78 is 62.9. The van der Waals surface area contributed by atoms with Crippen LogP contribution in [0.4, 0.5) is 22.0 Å². The van der Waals surface area contributed by atoms with Gasteiger partial charge in [-0.05, 0) is 12.8 Å². The Kier molecular flexibility index (Phi) is 2.77. The van der Waals surface area contributed by atoms with Gasteiger partial charge in [0.2, 0.25) is 5.92 Å². The monoisotopic (exact) mass is 217 g/mol. The Bertz CT molecular complexity index is 200. The van der Waals surface area contributed by atoms with Crippen molar-refractivity contribution in [2.75, 3.05) is 6.54 Å². The first-order chi connectivity index (χ1) is 6.22. The van der Waals surface area contributed by atoms with Crippen LogP contribution < -0.4 is 5.73 Å². The van der Waals surface area contributed by atoms with E-state index in [-0.39, 0.29) is 0 Å². The van der Waals surface area contributed by atoms with Crippen molar-refractivity contribution in [1.82, 2.24) is 0 Å². The fourth-order valence-electron chi connectivity index (χ4n) is 1.70. The summed E-state index contributed by atoms with van der Waals surface area (Å²) in [6.45, 7) is -0.605. The van der Waals surface area contributed by atoms with Crippen molar-refractivity contribution < 1.29 is 22.0 Å². The van der Waals surface area contributed by atoms with Gasteiger partial charge in [0.05, 0.1) is 5.41 Å². The van der Waals surface area contributed by atoms with Gasteiger partial charge in [0.15, 0.2) is 0 Å². The molecule has 1 nitrogen and oxygen atoms in total. The van der Waals surface area contributed by atoms with E-state index in [9.17, 15) is 22.0 Å². The molecule has 1 aliphatic rings. The maximum absolute atomic E-state index is 12.7. The first-order valence-corrected chi connectivity index (χ1v) is 4.37. The number of halogens is 5. The maximum atomic E-state index is 12.7. The Morgan fingerprint density at radius 1 is 1.00 bits per heavy atom. The van der Waals surface area contributed by atoms with Crippen LogP contribution in [0.3, 0.4) is 0 Å². The van der Waals surface area contributed by atoms with Gasteiger partial charge in [-0.3, -0.25) is 0 Å². The molecule has 0 aliphatic heterocycles. The van der Waals surface area contributed by atoms with Gasteiger partial charge in [-0.15, -0.1) is 0 Å². The Morgan fingerprint density at radius 3 is 1.71 bits per heavy atom. The van der Waals surface area contributed by atoms with E-state index in [1.807, 2.05) is 0 Å². The molecule has 2 N–H and O–H groups in total.